The SMILES string of the molecule is O=S(=O)(CCOc1ccccc1)N1CCc2cc(-c3ccncc3)ccc21. The van der Waals surface area contributed by atoms with Gasteiger partial charge >= 0.3 is 0 Å². The second-order valence-electron chi connectivity index (χ2n) is 6.38. The molecule has 0 aliphatic carbocycles. The van der Waals surface area contributed by atoms with E-state index >= 15 is 0 Å². The van der Waals surface area contributed by atoms with E-state index in [0.717, 1.165) is 22.4 Å². The van der Waals surface area contributed by atoms with Crippen LogP contribution in [0.15, 0.2) is 73.1 Å². The molecule has 4 rings (SSSR count). The average Bonchev–Trinajstić information content (AvgIpc) is 3.13. The summed E-state index contributed by atoms with van der Waals surface area (Å²) in [6.45, 7) is 0.607. The van der Waals surface area contributed by atoms with E-state index in [1.165, 1.54) is 4.31 Å². The molecule has 1 aliphatic heterocycles. The third-order valence-corrected chi connectivity index (χ3v) is 6.37. The lowest BCUT2D eigenvalue weighted by atomic mass is 10.0. The van der Waals surface area contributed by atoms with E-state index in [1.807, 2.05) is 54.6 Å². The number of rotatable bonds is 6. The fourth-order valence-electron chi connectivity index (χ4n) is 3.28. The van der Waals surface area contributed by atoms with E-state index in [2.05, 4.69) is 11.1 Å². The zero-order valence-electron chi connectivity index (χ0n) is 14.8. The van der Waals surface area contributed by atoms with Crippen LogP contribution in [0.5, 0.6) is 5.75 Å². The minimum atomic E-state index is -3.42. The third-order valence-electron chi connectivity index (χ3n) is 4.64. The van der Waals surface area contributed by atoms with Gasteiger partial charge < -0.3 is 4.74 Å². The first kappa shape index (κ1) is 17.5. The average molecular weight is 380 g/mol. The summed E-state index contributed by atoms with van der Waals surface area (Å²) in [6, 6.07) is 19.1. The van der Waals surface area contributed by atoms with Gasteiger partial charge in [-0.2, -0.15) is 0 Å². The van der Waals surface area contributed by atoms with Gasteiger partial charge in [-0.15, -0.1) is 0 Å². The molecule has 1 aliphatic rings. The maximum absolute atomic E-state index is 12.8. The molecule has 5 nitrogen and oxygen atoms in total. The summed E-state index contributed by atoms with van der Waals surface area (Å²) >= 11 is 0. The Morgan fingerprint density at radius 1 is 0.963 bits per heavy atom. The molecule has 2 heterocycles. The van der Waals surface area contributed by atoms with Gasteiger partial charge in [-0.3, -0.25) is 9.29 Å². The van der Waals surface area contributed by atoms with Crippen LogP contribution < -0.4 is 9.04 Å². The number of sulfonamides is 1. The number of hydrogen-bond donors (Lipinski definition) is 0. The molecule has 6 heteroatoms. The van der Waals surface area contributed by atoms with E-state index in [9.17, 15) is 8.42 Å². The van der Waals surface area contributed by atoms with Gasteiger partial charge in [0.15, 0.2) is 0 Å². The Morgan fingerprint density at radius 3 is 2.52 bits per heavy atom. The van der Waals surface area contributed by atoms with Gasteiger partial charge in [-0.05, 0) is 59.5 Å². The third kappa shape index (κ3) is 3.80. The van der Waals surface area contributed by atoms with Gasteiger partial charge in [0.2, 0.25) is 10.0 Å². The molecule has 0 atom stereocenters. The van der Waals surface area contributed by atoms with Gasteiger partial charge in [-0.1, -0.05) is 24.3 Å². The van der Waals surface area contributed by atoms with Crippen molar-refractivity contribution in [3.05, 3.63) is 78.6 Å². The predicted octanol–water partition coefficient (Wildman–Crippen LogP) is 3.52. The molecule has 0 amide bonds. The van der Waals surface area contributed by atoms with Crippen molar-refractivity contribution in [2.24, 2.45) is 0 Å². The highest BCUT2D eigenvalue weighted by Gasteiger charge is 2.29. The van der Waals surface area contributed by atoms with Gasteiger partial charge in [0, 0.05) is 18.9 Å². The van der Waals surface area contributed by atoms with E-state index < -0.39 is 10.0 Å². The highest BCUT2D eigenvalue weighted by Crippen LogP contribution is 2.34. The van der Waals surface area contributed by atoms with Crippen LogP contribution in [0.25, 0.3) is 11.1 Å². The van der Waals surface area contributed by atoms with Crippen LogP contribution in [-0.4, -0.2) is 32.3 Å². The number of aromatic nitrogens is 1. The maximum Gasteiger partial charge on any atom is 0.238 e. The molecule has 0 spiro atoms. The van der Waals surface area contributed by atoms with Crippen LogP contribution >= 0.6 is 0 Å². The van der Waals surface area contributed by atoms with E-state index in [-0.39, 0.29) is 12.4 Å². The van der Waals surface area contributed by atoms with Crippen molar-refractivity contribution < 1.29 is 13.2 Å². The molecule has 1 aromatic heterocycles. The quantitative estimate of drug-likeness (QED) is 0.656. The minimum Gasteiger partial charge on any atom is -0.492 e. The largest absolute Gasteiger partial charge is 0.492 e. The normalized spacial score (nSPS) is 13.4. The second-order valence-corrected chi connectivity index (χ2v) is 8.39. The molecule has 138 valence electrons. The van der Waals surface area contributed by atoms with Crippen LogP contribution in [-0.2, 0) is 16.4 Å². The highest BCUT2D eigenvalue weighted by atomic mass is 32.2. The summed E-state index contributed by atoms with van der Waals surface area (Å²) in [5, 5.41) is 0. The van der Waals surface area contributed by atoms with Crippen molar-refractivity contribution in [3.8, 4) is 16.9 Å². The van der Waals surface area contributed by atoms with Crippen LogP contribution in [0.2, 0.25) is 0 Å². The number of para-hydroxylation sites is 1. The molecule has 2 aromatic carbocycles. The molecule has 0 radical (unpaired) electrons. The number of fused-ring (bicyclic) bond motifs is 1. The monoisotopic (exact) mass is 380 g/mol. The molecule has 0 N–H and O–H groups in total. The Kier molecular flexibility index (Phi) is 4.81. The first-order valence-corrected chi connectivity index (χ1v) is 10.5. The number of ether oxygens (including phenoxy) is 1. The summed E-state index contributed by atoms with van der Waals surface area (Å²) in [5.41, 5.74) is 3.97. The summed E-state index contributed by atoms with van der Waals surface area (Å²) in [5.74, 6) is 0.629. The van der Waals surface area contributed by atoms with Crippen LogP contribution in [0.4, 0.5) is 5.69 Å². The maximum atomic E-state index is 12.8. The Morgan fingerprint density at radius 2 is 1.74 bits per heavy atom. The fourth-order valence-corrected chi connectivity index (χ4v) is 4.64. The molecule has 0 saturated heterocycles. The van der Waals surface area contributed by atoms with Crippen molar-refractivity contribution in [1.29, 1.82) is 0 Å². The molecular weight excluding hydrogens is 360 g/mol. The predicted molar refractivity (Wildman–Crippen MR) is 106 cm³/mol. The Bertz CT molecular complexity index is 1020. The number of nitrogens with zero attached hydrogens (tertiary/aromatic N) is 2. The van der Waals surface area contributed by atoms with E-state index in [4.69, 9.17) is 4.74 Å². The first-order valence-electron chi connectivity index (χ1n) is 8.85. The van der Waals surface area contributed by atoms with Crippen molar-refractivity contribution in [2.45, 2.75) is 6.42 Å². The topological polar surface area (TPSA) is 59.5 Å². The summed E-state index contributed by atoms with van der Waals surface area (Å²) in [6.07, 6.45) is 4.23. The van der Waals surface area contributed by atoms with Crippen LogP contribution in [0.3, 0.4) is 0 Å². The standard InChI is InChI=1S/C21H20N2O3S/c24-27(25,15-14-26-20-4-2-1-3-5-20)23-13-10-19-16-18(6-7-21(19)23)17-8-11-22-12-9-17/h1-9,11-12,16H,10,13-15H2. The summed E-state index contributed by atoms with van der Waals surface area (Å²) < 4.78 is 32.6. The summed E-state index contributed by atoms with van der Waals surface area (Å²) in [4.78, 5) is 4.04. The number of pyridine rings is 1. The molecule has 0 fully saturated rings. The molecule has 0 bridgehead atoms. The first-order chi connectivity index (χ1) is 13.1. The fraction of sp³-hybridized carbons (Fsp3) is 0.190. The van der Waals surface area contributed by atoms with Gasteiger partial charge in [-0.25, -0.2) is 8.42 Å². The van der Waals surface area contributed by atoms with Gasteiger partial charge in [0.25, 0.3) is 0 Å². The Hall–Kier alpha value is -2.86. The zero-order chi connectivity index (χ0) is 18.7. The number of hydrogen-bond acceptors (Lipinski definition) is 4. The lowest BCUT2D eigenvalue weighted by Crippen LogP contribution is -2.33. The molecule has 0 unspecified atom stereocenters. The molecule has 27 heavy (non-hydrogen) atoms. The Balaban J connectivity index is 1.48. The highest BCUT2D eigenvalue weighted by molar-refractivity contribution is 7.92. The van der Waals surface area contributed by atoms with Gasteiger partial charge in [0.05, 0.1) is 5.69 Å². The molecule has 0 saturated carbocycles. The smallest absolute Gasteiger partial charge is 0.238 e. The minimum absolute atomic E-state index is 0.0482. The molecule has 3 aromatic rings. The Labute approximate surface area is 159 Å². The molecular formula is C21H20N2O3S. The number of anilines is 1. The van der Waals surface area contributed by atoms with Crippen molar-refractivity contribution >= 4 is 15.7 Å². The van der Waals surface area contributed by atoms with Crippen molar-refractivity contribution in [2.75, 3.05) is 23.2 Å². The van der Waals surface area contributed by atoms with Crippen molar-refractivity contribution in [3.63, 3.8) is 0 Å². The zero-order valence-corrected chi connectivity index (χ0v) is 15.6. The van der Waals surface area contributed by atoms with E-state index in [1.54, 1.807) is 12.4 Å². The van der Waals surface area contributed by atoms with Crippen LogP contribution in [0.1, 0.15) is 5.56 Å². The number of benzene rings is 2. The van der Waals surface area contributed by atoms with Crippen LogP contribution in [0, 0.1) is 0 Å². The summed E-state index contributed by atoms with van der Waals surface area (Å²) in [7, 11) is -3.42. The van der Waals surface area contributed by atoms with E-state index in [0.29, 0.717) is 18.7 Å². The van der Waals surface area contributed by atoms with Gasteiger partial charge in [0.1, 0.15) is 18.1 Å². The van der Waals surface area contributed by atoms with Crippen molar-refractivity contribution in [1.82, 2.24) is 4.98 Å². The lowest BCUT2D eigenvalue weighted by molar-refractivity contribution is 0.340. The second kappa shape index (κ2) is 7.40. The lowest BCUT2D eigenvalue weighted by Gasteiger charge is -2.20.